The second-order valence-electron chi connectivity index (χ2n) is 4.02. The zero-order chi connectivity index (χ0) is 13.8. The first-order valence-electron chi connectivity index (χ1n) is 5.61. The third-order valence-electron chi connectivity index (χ3n) is 2.75. The maximum Gasteiger partial charge on any atom is 0.131 e. The molecule has 0 saturated heterocycles. The average molecular weight is 268 g/mol. The molecule has 0 bridgehead atoms. The lowest BCUT2D eigenvalue weighted by Crippen LogP contribution is -1.95. The molecule has 2 rings (SSSR count). The van der Waals surface area contributed by atoms with Gasteiger partial charge in [-0.05, 0) is 42.8 Å². The van der Waals surface area contributed by atoms with Crippen LogP contribution in [0.5, 0.6) is 0 Å². The first-order chi connectivity index (χ1) is 9.15. The van der Waals surface area contributed by atoms with E-state index in [9.17, 15) is 0 Å². The van der Waals surface area contributed by atoms with Crippen molar-refractivity contribution in [2.45, 2.75) is 6.92 Å². The minimum Gasteiger partial charge on any atom is -0.317 e. The predicted octanol–water partition coefficient (Wildman–Crippen LogP) is 3.87. The van der Waals surface area contributed by atoms with Crippen LogP contribution in [0.15, 0.2) is 42.1 Å². The molecule has 0 amide bonds. The number of hydrogen-bond donors (Lipinski definition) is 0. The molecule has 0 fully saturated rings. The molecule has 0 N–H and O–H groups in total. The highest BCUT2D eigenvalue weighted by atomic mass is 35.5. The SMILES string of the molecule is Cc1ccc(-n2cccc2C=C(C#N)C#N)cc1Cl. The van der Waals surface area contributed by atoms with Crippen LogP contribution in [0, 0.1) is 29.6 Å². The van der Waals surface area contributed by atoms with E-state index in [1.54, 1.807) is 6.08 Å². The maximum absolute atomic E-state index is 8.80. The average Bonchev–Trinajstić information content (AvgIpc) is 2.87. The minimum absolute atomic E-state index is 0.0677. The number of rotatable bonds is 2. The minimum atomic E-state index is 0.0677. The van der Waals surface area contributed by atoms with E-state index in [-0.39, 0.29) is 5.57 Å². The van der Waals surface area contributed by atoms with E-state index in [0.29, 0.717) is 5.02 Å². The molecule has 0 spiro atoms. The quantitative estimate of drug-likeness (QED) is 0.776. The van der Waals surface area contributed by atoms with Crippen molar-refractivity contribution in [3.63, 3.8) is 0 Å². The maximum atomic E-state index is 8.80. The molecule has 0 saturated carbocycles. The molecule has 1 heterocycles. The van der Waals surface area contributed by atoms with Crippen molar-refractivity contribution in [2.24, 2.45) is 0 Å². The predicted molar refractivity (Wildman–Crippen MR) is 74.7 cm³/mol. The van der Waals surface area contributed by atoms with Gasteiger partial charge in [-0.15, -0.1) is 0 Å². The van der Waals surface area contributed by atoms with Crippen molar-refractivity contribution >= 4 is 17.7 Å². The van der Waals surface area contributed by atoms with Crippen molar-refractivity contribution in [3.8, 4) is 17.8 Å². The van der Waals surface area contributed by atoms with Crippen LogP contribution < -0.4 is 0 Å². The topological polar surface area (TPSA) is 52.5 Å². The van der Waals surface area contributed by atoms with Crippen LogP contribution in [0.3, 0.4) is 0 Å². The lowest BCUT2D eigenvalue weighted by Gasteiger charge is -2.08. The molecule has 2 aromatic rings. The van der Waals surface area contributed by atoms with Gasteiger partial charge < -0.3 is 4.57 Å². The van der Waals surface area contributed by atoms with Crippen molar-refractivity contribution in [1.82, 2.24) is 4.57 Å². The summed E-state index contributed by atoms with van der Waals surface area (Å²) in [6.07, 6.45) is 3.41. The number of benzene rings is 1. The summed E-state index contributed by atoms with van der Waals surface area (Å²) in [5.74, 6) is 0. The van der Waals surface area contributed by atoms with Crippen molar-refractivity contribution in [3.05, 3.63) is 58.4 Å². The summed E-state index contributed by atoms with van der Waals surface area (Å²) in [4.78, 5) is 0. The van der Waals surface area contributed by atoms with E-state index in [4.69, 9.17) is 22.1 Å². The van der Waals surface area contributed by atoms with E-state index in [0.717, 1.165) is 16.9 Å². The van der Waals surface area contributed by atoms with Crippen molar-refractivity contribution in [1.29, 1.82) is 10.5 Å². The highest BCUT2D eigenvalue weighted by molar-refractivity contribution is 6.31. The summed E-state index contributed by atoms with van der Waals surface area (Å²) in [7, 11) is 0. The highest BCUT2D eigenvalue weighted by Crippen LogP contribution is 2.21. The Labute approximate surface area is 116 Å². The first kappa shape index (κ1) is 13.0. The third-order valence-corrected chi connectivity index (χ3v) is 3.15. The number of allylic oxidation sites excluding steroid dienone is 1. The van der Waals surface area contributed by atoms with E-state index < -0.39 is 0 Å². The summed E-state index contributed by atoms with van der Waals surface area (Å²) in [6.45, 7) is 1.94. The van der Waals surface area contributed by atoms with Crippen LogP contribution >= 0.6 is 11.6 Å². The Morgan fingerprint density at radius 2 is 2.00 bits per heavy atom. The van der Waals surface area contributed by atoms with Gasteiger partial charge in [0.1, 0.15) is 17.7 Å². The van der Waals surface area contributed by atoms with Gasteiger partial charge in [0.25, 0.3) is 0 Å². The van der Waals surface area contributed by atoms with Gasteiger partial charge in [0.2, 0.25) is 0 Å². The fraction of sp³-hybridized carbons (Fsp3) is 0.0667. The molecule has 4 heteroatoms. The van der Waals surface area contributed by atoms with Gasteiger partial charge in [0.15, 0.2) is 0 Å². The number of halogens is 1. The molecule has 3 nitrogen and oxygen atoms in total. The van der Waals surface area contributed by atoms with Crippen LogP contribution in [0.1, 0.15) is 11.3 Å². The van der Waals surface area contributed by atoms with E-state index >= 15 is 0 Å². The number of aryl methyl sites for hydroxylation is 1. The fourth-order valence-electron chi connectivity index (χ4n) is 1.72. The zero-order valence-electron chi connectivity index (χ0n) is 10.3. The summed E-state index contributed by atoms with van der Waals surface area (Å²) < 4.78 is 1.88. The molecular weight excluding hydrogens is 258 g/mol. The number of hydrogen-bond acceptors (Lipinski definition) is 2. The molecule has 92 valence electrons. The van der Waals surface area contributed by atoms with E-state index in [1.807, 2.05) is 60.2 Å². The lowest BCUT2D eigenvalue weighted by molar-refractivity contribution is 1.06. The smallest absolute Gasteiger partial charge is 0.131 e. The monoisotopic (exact) mass is 267 g/mol. The summed E-state index contributed by atoms with van der Waals surface area (Å²) >= 11 is 6.11. The van der Waals surface area contributed by atoms with Gasteiger partial charge in [-0.1, -0.05) is 17.7 Å². The van der Waals surface area contributed by atoms with Gasteiger partial charge in [-0.25, -0.2) is 0 Å². The molecular formula is C15H10ClN3. The number of nitriles is 2. The van der Waals surface area contributed by atoms with Gasteiger partial charge in [-0.3, -0.25) is 0 Å². The third kappa shape index (κ3) is 2.68. The van der Waals surface area contributed by atoms with Crippen molar-refractivity contribution in [2.75, 3.05) is 0 Å². The highest BCUT2D eigenvalue weighted by Gasteiger charge is 2.04. The standard InChI is InChI=1S/C15H10ClN3/c1-11-4-5-14(8-15(11)16)19-6-2-3-13(19)7-12(9-17)10-18/h2-8H,1H3. The second-order valence-corrected chi connectivity index (χ2v) is 4.43. The Morgan fingerprint density at radius 3 is 2.63 bits per heavy atom. The van der Waals surface area contributed by atoms with Crippen LogP contribution in [0.4, 0.5) is 0 Å². The molecule has 1 aromatic heterocycles. The van der Waals surface area contributed by atoms with Gasteiger partial charge >= 0.3 is 0 Å². The molecule has 0 aliphatic carbocycles. The largest absolute Gasteiger partial charge is 0.317 e. The molecule has 0 atom stereocenters. The normalized spacial score (nSPS) is 9.47. The summed E-state index contributed by atoms with van der Waals surface area (Å²) in [6, 6.07) is 13.1. The fourth-order valence-corrected chi connectivity index (χ4v) is 1.89. The van der Waals surface area contributed by atoms with Gasteiger partial charge in [0.05, 0.1) is 0 Å². The Balaban J connectivity index is 2.51. The lowest BCUT2D eigenvalue weighted by atomic mass is 10.2. The Bertz CT molecular complexity index is 711. The van der Waals surface area contributed by atoms with Crippen molar-refractivity contribution < 1.29 is 0 Å². The Kier molecular flexibility index (Phi) is 3.71. The molecule has 1 aromatic carbocycles. The summed E-state index contributed by atoms with van der Waals surface area (Å²) in [5.41, 5.74) is 2.72. The number of aromatic nitrogens is 1. The van der Waals surface area contributed by atoms with Gasteiger partial charge in [0, 0.05) is 22.6 Å². The van der Waals surface area contributed by atoms with Crippen LogP contribution in [-0.2, 0) is 0 Å². The van der Waals surface area contributed by atoms with E-state index in [2.05, 4.69) is 0 Å². The zero-order valence-corrected chi connectivity index (χ0v) is 11.0. The van der Waals surface area contributed by atoms with E-state index in [1.165, 1.54) is 0 Å². The first-order valence-corrected chi connectivity index (χ1v) is 5.99. The van der Waals surface area contributed by atoms with Crippen LogP contribution in [0.25, 0.3) is 11.8 Å². The molecule has 0 aliphatic rings. The Morgan fingerprint density at radius 1 is 1.26 bits per heavy atom. The van der Waals surface area contributed by atoms with Gasteiger partial charge in [-0.2, -0.15) is 10.5 Å². The molecule has 19 heavy (non-hydrogen) atoms. The van der Waals surface area contributed by atoms with Crippen LogP contribution in [0.2, 0.25) is 5.02 Å². The van der Waals surface area contributed by atoms with Crippen LogP contribution in [-0.4, -0.2) is 4.57 Å². The Hall–Kier alpha value is -2.49. The molecule has 0 unspecified atom stereocenters. The number of nitrogens with zero attached hydrogens (tertiary/aromatic N) is 3. The second kappa shape index (κ2) is 5.44. The molecule has 0 radical (unpaired) electrons. The molecule has 0 aliphatic heterocycles. The summed E-state index contributed by atoms with van der Waals surface area (Å²) in [5, 5.41) is 18.3.